The number of aliphatic hydroxyl groups is 1. The Morgan fingerprint density at radius 3 is 2.76 bits per heavy atom. The minimum atomic E-state index is -1.15. The molecular weight excluding hydrogens is 422 g/mol. The Morgan fingerprint density at radius 2 is 2.03 bits per heavy atom. The summed E-state index contributed by atoms with van der Waals surface area (Å²) in [5, 5.41) is 10.7. The summed E-state index contributed by atoms with van der Waals surface area (Å²) in [5.41, 5.74) is 1.92. The van der Waals surface area contributed by atoms with E-state index in [-0.39, 0.29) is 18.2 Å². The van der Waals surface area contributed by atoms with Gasteiger partial charge in [0.1, 0.15) is 17.0 Å². The molecule has 0 spiro atoms. The van der Waals surface area contributed by atoms with E-state index in [9.17, 15) is 9.90 Å². The number of aryl methyl sites for hydroxylation is 1. The van der Waals surface area contributed by atoms with Gasteiger partial charge in [-0.25, -0.2) is 19.7 Å². The van der Waals surface area contributed by atoms with Crippen molar-refractivity contribution in [3.8, 4) is 29.0 Å². The highest BCUT2D eigenvalue weighted by molar-refractivity contribution is 6.03. The molecule has 8 nitrogen and oxygen atoms in total. The Bertz CT molecular complexity index is 1380. The van der Waals surface area contributed by atoms with Gasteiger partial charge in [0.15, 0.2) is 17.6 Å². The predicted octanol–water partition coefficient (Wildman–Crippen LogP) is 3.86. The lowest BCUT2D eigenvalue weighted by molar-refractivity contribution is 0.0522. The van der Waals surface area contributed by atoms with Crippen LogP contribution in [0.4, 0.5) is 0 Å². The van der Waals surface area contributed by atoms with Gasteiger partial charge in [-0.1, -0.05) is 36.1 Å². The molecule has 0 bridgehead atoms. The molecule has 166 valence electrons. The molecular formula is C25H21N3O5. The van der Waals surface area contributed by atoms with Crippen molar-refractivity contribution in [2.75, 3.05) is 13.7 Å². The Balaban J connectivity index is 1.76. The van der Waals surface area contributed by atoms with Crippen molar-refractivity contribution >= 4 is 16.9 Å². The van der Waals surface area contributed by atoms with Crippen LogP contribution in [-0.4, -0.2) is 39.7 Å². The standard InChI is InChI=1S/C25H21N3O5/c1-4-32-25(30)22-18-9-6-10-20(31-3)21(18)27-23(28-22)17-8-5-7-16(13-17)11-12-19(29)24-26-14-15(2)33-24/h5-10,13-14,19,29H,4H2,1-3H3. The number of fused-ring (bicyclic) bond motifs is 1. The number of hydrogen-bond acceptors (Lipinski definition) is 8. The fourth-order valence-electron chi connectivity index (χ4n) is 3.22. The summed E-state index contributed by atoms with van der Waals surface area (Å²) < 4.78 is 15.9. The highest BCUT2D eigenvalue weighted by Gasteiger charge is 2.19. The van der Waals surface area contributed by atoms with Crippen molar-refractivity contribution < 1.29 is 23.8 Å². The van der Waals surface area contributed by atoms with Gasteiger partial charge in [-0.15, -0.1) is 0 Å². The molecule has 1 unspecified atom stereocenters. The van der Waals surface area contributed by atoms with Crippen LogP contribution < -0.4 is 4.74 Å². The van der Waals surface area contributed by atoms with E-state index < -0.39 is 12.1 Å². The Hall–Kier alpha value is -4.22. The molecule has 1 N–H and O–H groups in total. The largest absolute Gasteiger partial charge is 0.494 e. The van der Waals surface area contributed by atoms with Crippen LogP contribution in [0.5, 0.6) is 5.75 Å². The molecule has 2 aromatic heterocycles. The number of methoxy groups -OCH3 is 1. The predicted molar refractivity (Wildman–Crippen MR) is 121 cm³/mol. The molecule has 1 atom stereocenters. The molecule has 0 aliphatic rings. The number of oxazole rings is 1. The van der Waals surface area contributed by atoms with Crippen molar-refractivity contribution in [1.82, 2.24) is 15.0 Å². The topological polar surface area (TPSA) is 108 Å². The van der Waals surface area contributed by atoms with Crippen LogP contribution in [0.1, 0.15) is 40.7 Å². The van der Waals surface area contributed by atoms with E-state index in [1.807, 2.05) is 6.07 Å². The summed E-state index contributed by atoms with van der Waals surface area (Å²) in [6.07, 6.45) is 0.367. The Morgan fingerprint density at radius 1 is 1.21 bits per heavy atom. The summed E-state index contributed by atoms with van der Waals surface area (Å²) >= 11 is 0. The molecule has 0 amide bonds. The first-order valence-corrected chi connectivity index (χ1v) is 10.2. The van der Waals surface area contributed by atoms with Gasteiger partial charge in [-0.2, -0.15) is 0 Å². The molecule has 4 aromatic rings. The quantitative estimate of drug-likeness (QED) is 0.366. The number of aliphatic hydroxyl groups excluding tert-OH is 1. The summed E-state index contributed by atoms with van der Waals surface area (Å²) in [6.45, 7) is 3.70. The van der Waals surface area contributed by atoms with Crippen molar-refractivity contribution in [2.45, 2.75) is 20.0 Å². The summed E-state index contributed by atoms with van der Waals surface area (Å²) in [7, 11) is 1.54. The molecule has 4 rings (SSSR count). The highest BCUT2D eigenvalue weighted by Crippen LogP contribution is 2.29. The lowest BCUT2D eigenvalue weighted by atomic mass is 10.1. The molecule has 0 saturated carbocycles. The number of para-hydroxylation sites is 1. The molecule has 8 heteroatoms. The van der Waals surface area contributed by atoms with Crippen LogP contribution in [-0.2, 0) is 4.74 Å². The number of carbonyl (C=O) groups is 1. The van der Waals surface area contributed by atoms with E-state index in [1.165, 1.54) is 13.3 Å². The summed E-state index contributed by atoms with van der Waals surface area (Å²) in [4.78, 5) is 25.7. The number of carbonyl (C=O) groups excluding carboxylic acids is 1. The summed E-state index contributed by atoms with van der Waals surface area (Å²) in [6, 6.07) is 12.4. The average molecular weight is 443 g/mol. The lowest BCUT2D eigenvalue weighted by Crippen LogP contribution is -2.10. The second kappa shape index (κ2) is 9.51. The minimum Gasteiger partial charge on any atom is -0.494 e. The SMILES string of the molecule is CCOC(=O)c1nc(-c2cccc(C#CC(O)c3ncc(C)o3)c2)nc2c(OC)cccc12. The molecule has 0 fully saturated rings. The number of hydrogen-bond donors (Lipinski definition) is 1. The number of ether oxygens (including phenoxy) is 2. The van der Waals surface area contributed by atoms with Gasteiger partial charge in [0.25, 0.3) is 0 Å². The number of aromatic nitrogens is 3. The second-order valence-electron chi connectivity index (χ2n) is 7.03. The van der Waals surface area contributed by atoms with Gasteiger partial charge >= 0.3 is 5.97 Å². The van der Waals surface area contributed by atoms with E-state index in [2.05, 4.69) is 26.8 Å². The van der Waals surface area contributed by atoms with Crippen LogP contribution in [0.15, 0.2) is 53.1 Å². The van der Waals surface area contributed by atoms with Gasteiger partial charge in [-0.3, -0.25) is 0 Å². The number of esters is 1. The normalized spacial score (nSPS) is 11.5. The van der Waals surface area contributed by atoms with E-state index >= 15 is 0 Å². The minimum absolute atomic E-state index is 0.139. The third-order valence-corrected chi connectivity index (χ3v) is 4.73. The van der Waals surface area contributed by atoms with Crippen LogP contribution in [0.3, 0.4) is 0 Å². The third kappa shape index (κ3) is 4.68. The fraction of sp³-hybridized carbons (Fsp3) is 0.200. The molecule has 0 aliphatic carbocycles. The maximum Gasteiger partial charge on any atom is 0.357 e. The van der Waals surface area contributed by atoms with Crippen LogP contribution in [0.2, 0.25) is 0 Å². The van der Waals surface area contributed by atoms with Crippen molar-refractivity contribution in [3.05, 3.63) is 71.6 Å². The zero-order chi connectivity index (χ0) is 23.4. The summed E-state index contributed by atoms with van der Waals surface area (Å²) in [5.74, 6) is 6.65. The zero-order valence-corrected chi connectivity index (χ0v) is 18.3. The van der Waals surface area contributed by atoms with Crippen LogP contribution >= 0.6 is 0 Å². The smallest absolute Gasteiger partial charge is 0.357 e. The van der Waals surface area contributed by atoms with Crippen LogP contribution in [0, 0.1) is 18.8 Å². The van der Waals surface area contributed by atoms with Gasteiger partial charge in [0.05, 0.1) is 19.9 Å². The van der Waals surface area contributed by atoms with E-state index in [1.54, 1.807) is 50.2 Å². The van der Waals surface area contributed by atoms with E-state index in [0.29, 0.717) is 39.4 Å². The number of benzene rings is 2. The maximum atomic E-state index is 12.6. The second-order valence-corrected chi connectivity index (χ2v) is 7.03. The number of nitrogens with zero attached hydrogens (tertiary/aromatic N) is 3. The molecule has 2 heterocycles. The molecule has 0 aliphatic heterocycles. The number of rotatable bonds is 5. The fourth-order valence-corrected chi connectivity index (χ4v) is 3.22. The first-order valence-electron chi connectivity index (χ1n) is 10.2. The Kier molecular flexibility index (Phi) is 6.33. The molecule has 33 heavy (non-hydrogen) atoms. The first-order chi connectivity index (χ1) is 16.0. The molecule has 0 saturated heterocycles. The van der Waals surface area contributed by atoms with E-state index in [0.717, 1.165) is 0 Å². The van der Waals surface area contributed by atoms with Gasteiger partial charge in [0.2, 0.25) is 5.89 Å². The third-order valence-electron chi connectivity index (χ3n) is 4.73. The molecule has 2 aromatic carbocycles. The average Bonchev–Trinajstić information content (AvgIpc) is 3.28. The maximum absolute atomic E-state index is 12.6. The van der Waals surface area contributed by atoms with E-state index in [4.69, 9.17) is 13.9 Å². The monoisotopic (exact) mass is 443 g/mol. The highest BCUT2D eigenvalue weighted by atomic mass is 16.5. The lowest BCUT2D eigenvalue weighted by Gasteiger charge is -2.11. The van der Waals surface area contributed by atoms with Crippen molar-refractivity contribution in [3.63, 3.8) is 0 Å². The Labute approximate surface area is 190 Å². The van der Waals surface area contributed by atoms with Crippen molar-refractivity contribution in [2.24, 2.45) is 0 Å². The van der Waals surface area contributed by atoms with Crippen molar-refractivity contribution in [1.29, 1.82) is 0 Å². The molecule has 0 radical (unpaired) electrons. The van der Waals surface area contributed by atoms with Gasteiger partial charge < -0.3 is 19.0 Å². The van der Waals surface area contributed by atoms with Gasteiger partial charge in [0, 0.05) is 16.5 Å². The first kappa shape index (κ1) is 22.0. The van der Waals surface area contributed by atoms with Gasteiger partial charge in [-0.05, 0) is 32.0 Å². The van der Waals surface area contributed by atoms with Crippen LogP contribution in [0.25, 0.3) is 22.3 Å². The zero-order valence-electron chi connectivity index (χ0n) is 18.3.